The summed E-state index contributed by atoms with van der Waals surface area (Å²) in [5.41, 5.74) is 9.28. The summed E-state index contributed by atoms with van der Waals surface area (Å²) in [7, 11) is 0. The number of hydrogen-bond acceptors (Lipinski definition) is 1. The lowest BCUT2D eigenvalue weighted by atomic mass is 9.91. The quantitative estimate of drug-likeness (QED) is 0.650. The monoisotopic (exact) mass is 181 g/mol. The Bertz CT molecular complexity index is 193. The van der Waals surface area contributed by atoms with Crippen LogP contribution in [0.25, 0.3) is 0 Å². The maximum Gasteiger partial charge on any atom is 0.00449 e. The molecule has 1 aliphatic rings. The molecule has 0 radical (unpaired) electrons. The van der Waals surface area contributed by atoms with Crippen molar-refractivity contribution in [3.8, 4) is 0 Å². The fourth-order valence-corrected chi connectivity index (χ4v) is 2.17. The molecular weight excluding hydrogens is 158 g/mol. The van der Waals surface area contributed by atoms with Crippen LogP contribution in [0.4, 0.5) is 0 Å². The Morgan fingerprint density at radius 1 is 1.38 bits per heavy atom. The molecule has 0 aromatic rings. The van der Waals surface area contributed by atoms with Crippen LogP contribution in [0.1, 0.15) is 52.9 Å². The normalized spacial score (nSPS) is 27.2. The fraction of sp³-hybridized carbons (Fsp3) is 0.833. The lowest BCUT2D eigenvalue weighted by Crippen LogP contribution is -2.18. The molecule has 0 saturated heterocycles. The van der Waals surface area contributed by atoms with Crippen molar-refractivity contribution in [3.63, 3.8) is 0 Å². The van der Waals surface area contributed by atoms with Gasteiger partial charge in [0.05, 0.1) is 0 Å². The highest BCUT2D eigenvalue weighted by Gasteiger charge is 2.16. The van der Waals surface area contributed by atoms with E-state index in [1.165, 1.54) is 32.1 Å². The minimum absolute atomic E-state index is 0.441. The zero-order valence-electron chi connectivity index (χ0n) is 9.27. The molecule has 2 atom stereocenters. The third-order valence-corrected chi connectivity index (χ3v) is 3.43. The lowest BCUT2D eigenvalue weighted by Gasteiger charge is -2.15. The molecule has 76 valence electrons. The first-order valence-corrected chi connectivity index (χ1v) is 5.59. The van der Waals surface area contributed by atoms with Crippen LogP contribution in [-0.4, -0.2) is 6.04 Å². The summed E-state index contributed by atoms with van der Waals surface area (Å²) in [6, 6.07) is 0.441. The highest BCUT2D eigenvalue weighted by Crippen LogP contribution is 2.29. The molecule has 0 aliphatic heterocycles. The van der Waals surface area contributed by atoms with Gasteiger partial charge in [0.2, 0.25) is 0 Å². The first-order valence-electron chi connectivity index (χ1n) is 5.59. The highest BCUT2D eigenvalue weighted by atomic mass is 14.6. The van der Waals surface area contributed by atoms with Crippen molar-refractivity contribution < 1.29 is 0 Å². The largest absolute Gasteiger partial charge is 0.328 e. The van der Waals surface area contributed by atoms with E-state index in [9.17, 15) is 0 Å². The molecule has 0 unspecified atom stereocenters. The van der Waals surface area contributed by atoms with Crippen LogP contribution in [-0.2, 0) is 0 Å². The molecule has 13 heavy (non-hydrogen) atoms. The minimum atomic E-state index is 0.441. The number of allylic oxidation sites excluding steroid dienone is 2. The second-order valence-corrected chi connectivity index (χ2v) is 4.45. The van der Waals surface area contributed by atoms with Gasteiger partial charge < -0.3 is 5.73 Å². The van der Waals surface area contributed by atoms with E-state index >= 15 is 0 Å². The summed E-state index contributed by atoms with van der Waals surface area (Å²) in [5.74, 6) is 0.769. The van der Waals surface area contributed by atoms with E-state index in [0.717, 1.165) is 5.92 Å². The van der Waals surface area contributed by atoms with Crippen molar-refractivity contribution >= 4 is 0 Å². The molecule has 1 nitrogen and oxygen atoms in total. The van der Waals surface area contributed by atoms with Crippen molar-refractivity contribution in [1.82, 2.24) is 0 Å². The summed E-state index contributed by atoms with van der Waals surface area (Å²) in [6.45, 7) is 6.91. The van der Waals surface area contributed by atoms with Crippen LogP contribution in [0, 0.1) is 5.92 Å². The Kier molecular flexibility index (Phi) is 3.98. The van der Waals surface area contributed by atoms with Crippen molar-refractivity contribution in [2.24, 2.45) is 11.7 Å². The molecule has 0 spiro atoms. The standard InChI is InChI=1S/C12H23N/c1-4-9(2)12-8-7-11(13)6-5-10(12)3/h9,11H,4-8,13H2,1-3H3/t9-,11+/m0/s1. The second kappa shape index (κ2) is 4.80. The average molecular weight is 181 g/mol. The van der Waals surface area contributed by atoms with Gasteiger partial charge in [-0.1, -0.05) is 25.0 Å². The summed E-state index contributed by atoms with van der Waals surface area (Å²) < 4.78 is 0. The first kappa shape index (κ1) is 10.8. The van der Waals surface area contributed by atoms with Crippen LogP contribution >= 0.6 is 0 Å². The van der Waals surface area contributed by atoms with Gasteiger partial charge in [0, 0.05) is 6.04 Å². The Balaban J connectivity index is 2.68. The van der Waals surface area contributed by atoms with Crippen molar-refractivity contribution in [2.75, 3.05) is 0 Å². The third-order valence-electron chi connectivity index (χ3n) is 3.43. The molecule has 0 bridgehead atoms. The van der Waals surface area contributed by atoms with E-state index in [1.807, 2.05) is 0 Å². The number of rotatable bonds is 2. The Morgan fingerprint density at radius 2 is 2.00 bits per heavy atom. The van der Waals surface area contributed by atoms with Crippen LogP contribution in [0.15, 0.2) is 11.1 Å². The van der Waals surface area contributed by atoms with E-state index in [0.29, 0.717) is 6.04 Å². The van der Waals surface area contributed by atoms with Gasteiger partial charge in [-0.2, -0.15) is 0 Å². The topological polar surface area (TPSA) is 26.0 Å². The van der Waals surface area contributed by atoms with E-state index in [2.05, 4.69) is 20.8 Å². The fourth-order valence-electron chi connectivity index (χ4n) is 2.17. The molecule has 0 aromatic carbocycles. The number of hydrogen-bond donors (Lipinski definition) is 1. The van der Waals surface area contributed by atoms with Crippen molar-refractivity contribution in [2.45, 2.75) is 58.9 Å². The van der Waals surface area contributed by atoms with Crippen molar-refractivity contribution in [1.29, 1.82) is 0 Å². The summed E-state index contributed by atoms with van der Waals surface area (Å²) in [5, 5.41) is 0. The van der Waals surface area contributed by atoms with Gasteiger partial charge in [0.15, 0.2) is 0 Å². The van der Waals surface area contributed by atoms with Crippen LogP contribution in [0.5, 0.6) is 0 Å². The van der Waals surface area contributed by atoms with E-state index in [1.54, 1.807) is 11.1 Å². The maximum atomic E-state index is 5.97. The van der Waals surface area contributed by atoms with Crippen LogP contribution in [0.2, 0.25) is 0 Å². The molecule has 0 heterocycles. The van der Waals surface area contributed by atoms with Gasteiger partial charge in [0.1, 0.15) is 0 Å². The van der Waals surface area contributed by atoms with Crippen molar-refractivity contribution in [3.05, 3.63) is 11.1 Å². The zero-order chi connectivity index (χ0) is 9.84. The van der Waals surface area contributed by atoms with Gasteiger partial charge in [-0.05, 0) is 44.9 Å². The molecule has 0 fully saturated rings. The predicted molar refractivity (Wildman–Crippen MR) is 58.6 cm³/mol. The second-order valence-electron chi connectivity index (χ2n) is 4.45. The smallest absolute Gasteiger partial charge is 0.00449 e. The lowest BCUT2D eigenvalue weighted by molar-refractivity contribution is 0.562. The molecule has 0 aromatic heterocycles. The Labute approximate surface area is 82.4 Å². The zero-order valence-corrected chi connectivity index (χ0v) is 9.27. The minimum Gasteiger partial charge on any atom is -0.328 e. The van der Waals surface area contributed by atoms with Gasteiger partial charge in [0.25, 0.3) is 0 Å². The Hall–Kier alpha value is -0.300. The average Bonchev–Trinajstić information content (AvgIpc) is 2.28. The van der Waals surface area contributed by atoms with Gasteiger partial charge >= 0.3 is 0 Å². The molecule has 1 heteroatoms. The van der Waals surface area contributed by atoms with E-state index in [-0.39, 0.29) is 0 Å². The van der Waals surface area contributed by atoms with Crippen LogP contribution < -0.4 is 5.73 Å². The van der Waals surface area contributed by atoms with E-state index in [4.69, 9.17) is 5.73 Å². The first-order chi connectivity index (χ1) is 6.15. The molecule has 1 aliphatic carbocycles. The van der Waals surface area contributed by atoms with Gasteiger partial charge in [-0.25, -0.2) is 0 Å². The highest BCUT2D eigenvalue weighted by molar-refractivity contribution is 5.16. The number of nitrogens with two attached hydrogens (primary N) is 1. The SMILES string of the molecule is CC[C@H](C)C1=C(C)CC[C@@H](N)CC1. The molecule has 0 amide bonds. The van der Waals surface area contributed by atoms with Gasteiger partial charge in [-0.3, -0.25) is 0 Å². The molecular formula is C12H23N. The Morgan fingerprint density at radius 3 is 2.62 bits per heavy atom. The third kappa shape index (κ3) is 2.84. The predicted octanol–water partition coefficient (Wildman–Crippen LogP) is 3.25. The summed E-state index contributed by atoms with van der Waals surface area (Å²) in [4.78, 5) is 0. The summed E-state index contributed by atoms with van der Waals surface area (Å²) >= 11 is 0. The molecule has 2 N–H and O–H groups in total. The maximum absolute atomic E-state index is 5.97. The molecule has 0 saturated carbocycles. The summed E-state index contributed by atoms with van der Waals surface area (Å²) in [6.07, 6.45) is 6.10. The van der Waals surface area contributed by atoms with Gasteiger partial charge in [-0.15, -0.1) is 0 Å². The molecule has 1 rings (SSSR count). The van der Waals surface area contributed by atoms with Crippen LogP contribution in [0.3, 0.4) is 0 Å². The van der Waals surface area contributed by atoms with E-state index < -0.39 is 0 Å².